The number of hydrogen-bond acceptors (Lipinski definition) is 2. The highest BCUT2D eigenvalue weighted by Gasteiger charge is 2.19. The van der Waals surface area contributed by atoms with Gasteiger partial charge in [0.05, 0.1) is 11.8 Å². The number of nitrogens with two attached hydrogens (primary N) is 1. The molecule has 0 spiro atoms. The molecule has 0 heterocycles. The summed E-state index contributed by atoms with van der Waals surface area (Å²) < 4.78 is 32.2. The SMILES string of the molecule is Nc1ccc(F)c(F)c1OC1CCCCCC1. The fourth-order valence-corrected chi connectivity index (χ4v) is 2.19. The van der Waals surface area contributed by atoms with Gasteiger partial charge in [-0.05, 0) is 37.8 Å². The van der Waals surface area contributed by atoms with Crippen LogP contribution in [0.15, 0.2) is 12.1 Å². The summed E-state index contributed by atoms with van der Waals surface area (Å²) in [5.74, 6) is -2.02. The minimum atomic E-state index is -0.978. The summed E-state index contributed by atoms with van der Waals surface area (Å²) in [5, 5.41) is 0. The fraction of sp³-hybridized carbons (Fsp3) is 0.538. The molecular weight excluding hydrogens is 224 g/mol. The van der Waals surface area contributed by atoms with Crippen molar-refractivity contribution in [3.8, 4) is 5.75 Å². The number of anilines is 1. The Labute approximate surface area is 99.8 Å². The molecule has 2 rings (SSSR count). The van der Waals surface area contributed by atoms with Crippen LogP contribution in [0.5, 0.6) is 5.75 Å². The van der Waals surface area contributed by atoms with Crippen molar-refractivity contribution in [2.45, 2.75) is 44.6 Å². The zero-order chi connectivity index (χ0) is 12.3. The predicted octanol–water partition coefficient (Wildman–Crippen LogP) is 3.65. The summed E-state index contributed by atoms with van der Waals surface area (Å²) >= 11 is 0. The van der Waals surface area contributed by atoms with Crippen LogP contribution in [0.1, 0.15) is 38.5 Å². The summed E-state index contributed by atoms with van der Waals surface area (Å²) in [5.41, 5.74) is 5.78. The molecule has 1 aromatic carbocycles. The number of rotatable bonds is 2. The lowest BCUT2D eigenvalue weighted by molar-refractivity contribution is 0.175. The first-order valence-corrected chi connectivity index (χ1v) is 6.08. The van der Waals surface area contributed by atoms with E-state index in [1.807, 2.05) is 0 Å². The molecule has 2 N–H and O–H groups in total. The van der Waals surface area contributed by atoms with Crippen molar-refractivity contribution in [1.82, 2.24) is 0 Å². The summed E-state index contributed by atoms with van der Waals surface area (Å²) in [7, 11) is 0. The number of halogens is 2. The Hall–Kier alpha value is -1.32. The van der Waals surface area contributed by atoms with E-state index in [1.165, 1.54) is 18.9 Å². The van der Waals surface area contributed by atoms with Gasteiger partial charge in [0, 0.05) is 0 Å². The van der Waals surface area contributed by atoms with E-state index in [-0.39, 0.29) is 17.5 Å². The third kappa shape index (κ3) is 2.87. The number of ether oxygens (including phenoxy) is 1. The van der Waals surface area contributed by atoms with Gasteiger partial charge in [-0.15, -0.1) is 0 Å². The largest absolute Gasteiger partial charge is 0.485 e. The van der Waals surface area contributed by atoms with Crippen molar-refractivity contribution in [3.63, 3.8) is 0 Å². The smallest absolute Gasteiger partial charge is 0.202 e. The first-order chi connectivity index (χ1) is 8.18. The molecule has 0 radical (unpaired) electrons. The highest BCUT2D eigenvalue weighted by molar-refractivity contribution is 5.53. The Balaban J connectivity index is 2.14. The van der Waals surface area contributed by atoms with Crippen LogP contribution in [0.2, 0.25) is 0 Å². The number of hydrogen-bond donors (Lipinski definition) is 1. The first-order valence-electron chi connectivity index (χ1n) is 6.08. The minimum Gasteiger partial charge on any atom is -0.485 e. The van der Waals surface area contributed by atoms with Crippen LogP contribution in [0, 0.1) is 11.6 Å². The molecule has 1 saturated carbocycles. The van der Waals surface area contributed by atoms with Gasteiger partial charge in [0.25, 0.3) is 0 Å². The Morgan fingerprint density at radius 2 is 1.71 bits per heavy atom. The summed E-state index contributed by atoms with van der Waals surface area (Å²) in [4.78, 5) is 0. The van der Waals surface area contributed by atoms with Crippen LogP contribution in [0.4, 0.5) is 14.5 Å². The molecule has 0 unspecified atom stereocenters. The Bertz CT molecular complexity index is 387. The molecule has 0 saturated heterocycles. The average Bonchev–Trinajstić information content (AvgIpc) is 2.58. The lowest BCUT2D eigenvalue weighted by Gasteiger charge is -2.18. The van der Waals surface area contributed by atoms with Gasteiger partial charge in [0.2, 0.25) is 5.82 Å². The summed E-state index contributed by atoms with van der Waals surface area (Å²) in [6, 6.07) is 2.36. The molecular formula is C13H17F2NO. The zero-order valence-electron chi connectivity index (χ0n) is 9.72. The van der Waals surface area contributed by atoms with Crippen LogP contribution in [0.25, 0.3) is 0 Å². The summed E-state index contributed by atoms with van der Waals surface area (Å²) in [6.45, 7) is 0. The van der Waals surface area contributed by atoms with Crippen LogP contribution in [0.3, 0.4) is 0 Å². The highest BCUT2D eigenvalue weighted by atomic mass is 19.2. The maximum Gasteiger partial charge on any atom is 0.202 e. The minimum absolute atomic E-state index is 0.0453. The van der Waals surface area contributed by atoms with Crippen LogP contribution >= 0.6 is 0 Å². The maximum atomic E-state index is 13.5. The predicted molar refractivity (Wildman–Crippen MR) is 62.9 cm³/mol. The van der Waals surface area contributed by atoms with Gasteiger partial charge in [-0.3, -0.25) is 0 Å². The second-order valence-corrected chi connectivity index (χ2v) is 4.51. The van der Waals surface area contributed by atoms with Gasteiger partial charge in [-0.1, -0.05) is 12.8 Å². The van der Waals surface area contributed by atoms with Gasteiger partial charge in [0.1, 0.15) is 0 Å². The van der Waals surface area contributed by atoms with E-state index in [1.54, 1.807) is 0 Å². The summed E-state index contributed by atoms with van der Waals surface area (Å²) in [6.07, 6.45) is 6.23. The molecule has 1 aliphatic carbocycles. The Kier molecular flexibility index (Phi) is 3.82. The van der Waals surface area contributed by atoms with E-state index in [4.69, 9.17) is 10.5 Å². The van der Waals surface area contributed by atoms with Crippen molar-refractivity contribution in [1.29, 1.82) is 0 Å². The van der Waals surface area contributed by atoms with E-state index in [9.17, 15) is 8.78 Å². The lowest BCUT2D eigenvalue weighted by atomic mass is 10.1. The number of benzene rings is 1. The van der Waals surface area contributed by atoms with Crippen molar-refractivity contribution < 1.29 is 13.5 Å². The quantitative estimate of drug-likeness (QED) is 0.633. The van der Waals surface area contributed by atoms with Gasteiger partial charge in [-0.2, -0.15) is 4.39 Å². The van der Waals surface area contributed by atoms with E-state index in [0.29, 0.717) is 0 Å². The van der Waals surface area contributed by atoms with Gasteiger partial charge < -0.3 is 10.5 Å². The molecule has 1 fully saturated rings. The molecule has 0 bridgehead atoms. The van der Waals surface area contributed by atoms with Gasteiger partial charge in [0.15, 0.2) is 11.6 Å². The van der Waals surface area contributed by atoms with Crippen LogP contribution < -0.4 is 10.5 Å². The van der Waals surface area contributed by atoms with Crippen LogP contribution in [-0.4, -0.2) is 6.10 Å². The molecule has 4 heteroatoms. The van der Waals surface area contributed by atoms with Gasteiger partial charge in [-0.25, -0.2) is 4.39 Å². The molecule has 0 aliphatic heterocycles. The molecule has 94 valence electrons. The Morgan fingerprint density at radius 1 is 1.06 bits per heavy atom. The van der Waals surface area contributed by atoms with Crippen LogP contribution in [-0.2, 0) is 0 Å². The second kappa shape index (κ2) is 5.34. The fourth-order valence-electron chi connectivity index (χ4n) is 2.19. The van der Waals surface area contributed by atoms with Crippen molar-refractivity contribution in [2.75, 3.05) is 5.73 Å². The molecule has 1 aliphatic rings. The van der Waals surface area contributed by atoms with Crippen molar-refractivity contribution in [3.05, 3.63) is 23.8 Å². The number of nitrogen functional groups attached to an aromatic ring is 1. The van der Waals surface area contributed by atoms with E-state index in [0.717, 1.165) is 31.7 Å². The monoisotopic (exact) mass is 241 g/mol. The average molecular weight is 241 g/mol. The topological polar surface area (TPSA) is 35.2 Å². The zero-order valence-corrected chi connectivity index (χ0v) is 9.72. The molecule has 0 aromatic heterocycles. The molecule has 0 atom stereocenters. The van der Waals surface area contributed by atoms with E-state index >= 15 is 0 Å². The van der Waals surface area contributed by atoms with Gasteiger partial charge >= 0.3 is 0 Å². The highest BCUT2D eigenvalue weighted by Crippen LogP contribution is 2.30. The second-order valence-electron chi connectivity index (χ2n) is 4.51. The normalized spacial score (nSPS) is 17.8. The third-order valence-electron chi connectivity index (χ3n) is 3.17. The first kappa shape index (κ1) is 12.1. The molecule has 1 aromatic rings. The lowest BCUT2D eigenvalue weighted by Crippen LogP contribution is -2.17. The van der Waals surface area contributed by atoms with E-state index < -0.39 is 11.6 Å². The van der Waals surface area contributed by atoms with Crippen molar-refractivity contribution >= 4 is 5.69 Å². The van der Waals surface area contributed by atoms with Crippen molar-refractivity contribution in [2.24, 2.45) is 0 Å². The third-order valence-corrected chi connectivity index (χ3v) is 3.17. The van der Waals surface area contributed by atoms with E-state index in [2.05, 4.69) is 0 Å². The maximum absolute atomic E-state index is 13.5. The standard InChI is InChI=1S/C13H17F2NO/c14-10-7-8-11(16)13(12(10)15)17-9-5-3-1-2-4-6-9/h7-9H,1-6,16H2. The molecule has 17 heavy (non-hydrogen) atoms. The Morgan fingerprint density at radius 3 is 2.35 bits per heavy atom. The molecule has 0 amide bonds. The molecule has 2 nitrogen and oxygen atoms in total.